The summed E-state index contributed by atoms with van der Waals surface area (Å²) in [6.07, 6.45) is -0.262. The first kappa shape index (κ1) is 12.3. The molecule has 88 valence electrons. The second-order valence-electron chi connectivity index (χ2n) is 5.07. The lowest BCUT2D eigenvalue weighted by Gasteiger charge is -2.49. The van der Waals surface area contributed by atoms with Crippen LogP contribution >= 0.6 is 0 Å². The fraction of sp³-hybridized carbons (Fsp3) is 0.900. The van der Waals surface area contributed by atoms with Crippen molar-refractivity contribution in [3.05, 3.63) is 0 Å². The normalized spacial score (nSPS) is 19.7. The molecule has 1 saturated heterocycles. The van der Waals surface area contributed by atoms with Crippen LogP contribution in [0.1, 0.15) is 20.8 Å². The van der Waals surface area contributed by atoms with Gasteiger partial charge in [-0.3, -0.25) is 0 Å². The molecule has 0 bridgehead atoms. The van der Waals surface area contributed by atoms with Crippen molar-refractivity contribution in [3.63, 3.8) is 0 Å². The van der Waals surface area contributed by atoms with Gasteiger partial charge in [-0.2, -0.15) is 0 Å². The van der Waals surface area contributed by atoms with Gasteiger partial charge in [0.05, 0.1) is 5.54 Å². The molecule has 1 fully saturated rings. The van der Waals surface area contributed by atoms with Crippen LogP contribution in [0.4, 0.5) is 4.79 Å². The summed E-state index contributed by atoms with van der Waals surface area (Å²) >= 11 is 0. The molecule has 3 N–H and O–H groups in total. The third-order valence-electron chi connectivity index (χ3n) is 2.56. The van der Waals surface area contributed by atoms with Gasteiger partial charge >= 0.3 is 6.09 Å². The molecule has 1 aliphatic heterocycles. The minimum Gasteiger partial charge on any atom is -0.444 e. The number of carbonyl (C=O) groups is 1. The Hall–Kier alpha value is -0.810. The van der Waals surface area contributed by atoms with Crippen molar-refractivity contribution in [2.75, 3.05) is 26.7 Å². The number of likely N-dealkylation sites (N-methyl/N-ethyl adjacent to an activating group) is 1. The van der Waals surface area contributed by atoms with Crippen LogP contribution in [0.25, 0.3) is 0 Å². The van der Waals surface area contributed by atoms with Gasteiger partial charge in [-0.25, -0.2) is 4.79 Å². The number of nitrogens with two attached hydrogens (primary N) is 1. The van der Waals surface area contributed by atoms with Gasteiger partial charge < -0.3 is 20.7 Å². The van der Waals surface area contributed by atoms with Crippen LogP contribution < -0.4 is 11.1 Å². The Bertz CT molecular complexity index is 236. The fourth-order valence-corrected chi connectivity index (χ4v) is 1.53. The molecule has 15 heavy (non-hydrogen) atoms. The van der Waals surface area contributed by atoms with Crippen molar-refractivity contribution >= 4 is 6.09 Å². The fourth-order valence-electron chi connectivity index (χ4n) is 1.53. The first-order valence-corrected chi connectivity index (χ1v) is 5.19. The van der Waals surface area contributed by atoms with Crippen LogP contribution in [0.5, 0.6) is 0 Å². The maximum Gasteiger partial charge on any atom is 0.410 e. The smallest absolute Gasteiger partial charge is 0.410 e. The number of likely N-dealkylation sites (tertiary alicyclic amines) is 1. The third kappa shape index (κ3) is 2.82. The molecule has 1 heterocycles. The molecule has 0 unspecified atom stereocenters. The standard InChI is InChI=1S/C10H21N3O2/c1-9(2,3)15-8(14)13-6-10(5-11,7-13)12-4/h12H,5-7,11H2,1-4H3. The largest absolute Gasteiger partial charge is 0.444 e. The van der Waals surface area contributed by atoms with Crippen LogP contribution in [0.15, 0.2) is 0 Å². The number of hydrogen-bond acceptors (Lipinski definition) is 4. The van der Waals surface area contributed by atoms with E-state index < -0.39 is 5.60 Å². The molecule has 0 aliphatic carbocycles. The van der Waals surface area contributed by atoms with Crippen LogP contribution in [-0.4, -0.2) is 48.8 Å². The van der Waals surface area contributed by atoms with Gasteiger partial charge in [0.2, 0.25) is 0 Å². The van der Waals surface area contributed by atoms with Gasteiger partial charge in [-0.1, -0.05) is 0 Å². The van der Waals surface area contributed by atoms with Gasteiger partial charge in [0, 0.05) is 19.6 Å². The molecule has 0 saturated carbocycles. The van der Waals surface area contributed by atoms with E-state index in [1.54, 1.807) is 4.90 Å². The zero-order valence-corrected chi connectivity index (χ0v) is 9.96. The molecule has 1 rings (SSSR count). The number of nitrogens with zero attached hydrogens (tertiary/aromatic N) is 1. The maximum atomic E-state index is 11.6. The Morgan fingerprint density at radius 3 is 2.40 bits per heavy atom. The summed E-state index contributed by atoms with van der Waals surface area (Å²) in [4.78, 5) is 13.3. The molecule has 0 aromatic heterocycles. The molecule has 0 aromatic carbocycles. The number of carbonyl (C=O) groups excluding carboxylic acids is 1. The summed E-state index contributed by atoms with van der Waals surface area (Å²) in [5, 5.41) is 3.14. The van der Waals surface area contributed by atoms with E-state index >= 15 is 0 Å². The molecule has 5 nitrogen and oxygen atoms in total. The second-order valence-corrected chi connectivity index (χ2v) is 5.07. The topological polar surface area (TPSA) is 67.6 Å². The highest BCUT2D eigenvalue weighted by molar-refractivity contribution is 5.69. The summed E-state index contributed by atoms with van der Waals surface area (Å²) in [5.74, 6) is 0. The number of amides is 1. The maximum absolute atomic E-state index is 11.6. The minimum atomic E-state index is -0.433. The number of ether oxygens (including phenoxy) is 1. The summed E-state index contributed by atoms with van der Waals surface area (Å²) in [6.45, 7) is 7.35. The van der Waals surface area contributed by atoms with Crippen molar-refractivity contribution in [2.45, 2.75) is 31.9 Å². The monoisotopic (exact) mass is 215 g/mol. The Morgan fingerprint density at radius 2 is 2.07 bits per heavy atom. The van der Waals surface area contributed by atoms with E-state index in [9.17, 15) is 4.79 Å². The molecule has 0 spiro atoms. The summed E-state index contributed by atoms with van der Waals surface area (Å²) in [7, 11) is 1.86. The molecule has 0 atom stereocenters. The van der Waals surface area contributed by atoms with Crippen molar-refractivity contribution in [1.29, 1.82) is 0 Å². The summed E-state index contributed by atoms with van der Waals surface area (Å²) in [6, 6.07) is 0. The first-order chi connectivity index (χ1) is 6.82. The zero-order chi connectivity index (χ0) is 11.7. The van der Waals surface area contributed by atoms with Crippen molar-refractivity contribution in [3.8, 4) is 0 Å². The van der Waals surface area contributed by atoms with E-state index in [0.29, 0.717) is 19.6 Å². The predicted molar refractivity (Wildman–Crippen MR) is 58.7 cm³/mol. The van der Waals surface area contributed by atoms with Crippen molar-refractivity contribution in [1.82, 2.24) is 10.2 Å². The SMILES string of the molecule is CNC1(CN)CN(C(=O)OC(C)(C)C)C1. The van der Waals surface area contributed by atoms with E-state index in [4.69, 9.17) is 10.5 Å². The Labute approximate surface area is 90.9 Å². The number of nitrogens with one attached hydrogen (secondary N) is 1. The molecule has 1 aliphatic rings. The zero-order valence-electron chi connectivity index (χ0n) is 9.96. The predicted octanol–water partition coefficient (Wildman–Crippen LogP) is 0.154. The number of hydrogen-bond donors (Lipinski definition) is 2. The lowest BCUT2D eigenvalue weighted by Crippen LogP contribution is -2.72. The lowest BCUT2D eigenvalue weighted by molar-refractivity contribution is -0.0127. The molecular formula is C10H21N3O2. The van der Waals surface area contributed by atoms with E-state index in [0.717, 1.165) is 0 Å². The van der Waals surface area contributed by atoms with E-state index in [1.165, 1.54) is 0 Å². The van der Waals surface area contributed by atoms with E-state index in [2.05, 4.69) is 5.32 Å². The Balaban J connectivity index is 2.42. The average Bonchev–Trinajstić information content (AvgIpc) is 2.00. The Kier molecular flexibility index (Phi) is 3.25. The summed E-state index contributed by atoms with van der Waals surface area (Å²) < 4.78 is 5.24. The molecule has 0 aromatic rings. The van der Waals surface area contributed by atoms with Crippen LogP contribution in [0.2, 0.25) is 0 Å². The van der Waals surface area contributed by atoms with E-state index in [-0.39, 0.29) is 11.6 Å². The van der Waals surface area contributed by atoms with Crippen LogP contribution in [-0.2, 0) is 4.74 Å². The van der Waals surface area contributed by atoms with Gasteiger partial charge in [0.1, 0.15) is 5.60 Å². The number of rotatable bonds is 2. The molecular weight excluding hydrogens is 194 g/mol. The highest BCUT2D eigenvalue weighted by Gasteiger charge is 2.44. The van der Waals surface area contributed by atoms with Gasteiger partial charge in [0.15, 0.2) is 0 Å². The van der Waals surface area contributed by atoms with Crippen LogP contribution in [0.3, 0.4) is 0 Å². The van der Waals surface area contributed by atoms with Gasteiger partial charge in [-0.05, 0) is 27.8 Å². The van der Waals surface area contributed by atoms with Crippen LogP contribution in [0, 0.1) is 0 Å². The minimum absolute atomic E-state index is 0.114. The summed E-state index contributed by atoms with van der Waals surface area (Å²) in [5.41, 5.74) is 5.08. The Morgan fingerprint density at radius 1 is 1.53 bits per heavy atom. The second kappa shape index (κ2) is 3.98. The van der Waals surface area contributed by atoms with Gasteiger partial charge in [0.25, 0.3) is 0 Å². The third-order valence-corrected chi connectivity index (χ3v) is 2.56. The highest BCUT2D eigenvalue weighted by atomic mass is 16.6. The average molecular weight is 215 g/mol. The highest BCUT2D eigenvalue weighted by Crippen LogP contribution is 2.22. The quantitative estimate of drug-likeness (QED) is 0.688. The molecule has 5 heteroatoms. The van der Waals surface area contributed by atoms with Crippen molar-refractivity contribution < 1.29 is 9.53 Å². The lowest BCUT2D eigenvalue weighted by atomic mass is 9.91. The molecule has 0 radical (unpaired) electrons. The van der Waals surface area contributed by atoms with Gasteiger partial charge in [-0.15, -0.1) is 0 Å². The van der Waals surface area contributed by atoms with Crippen molar-refractivity contribution in [2.24, 2.45) is 5.73 Å². The molecule has 1 amide bonds. The van der Waals surface area contributed by atoms with E-state index in [1.807, 2.05) is 27.8 Å². The first-order valence-electron chi connectivity index (χ1n) is 5.19.